The lowest BCUT2D eigenvalue weighted by Gasteiger charge is -2.42. The van der Waals surface area contributed by atoms with Crippen LogP contribution in [0.2, 0.25) is 0 Å². The molecule has 1 heterocycles. The van der Waals surface area contributed by atoms with Crippen molar-refractivity contribution in [2.75, 3.05) is 0 Å². The van der Waals surface area contributed by atoms with Gasteiger partial charge in [0, 0.05) is 0 Å². The molecular weight excluding hydrogens is 308 g/mol. The molecule has 4 nitrogen and oxygen atoms in total. The number of nitrogens with zero attached hydrogens (tertiary/aromatic N) is 4. The van der Waals surface area contributed by atoms with Crippen molar-refractivity contribution in [2.45, 2.75) is 18.0 Å². The van der Waals surface area contributed by atoms with Crippen LogP contribution in [-0.2, 0) is 5.41 Å². The highest BCUT2D eigenvalue weighted by Gasteiger charge is 2.54. The Balaban J connectivity index is 2.13. The molecule has 0 fully saturated rings. The smallest absolute Gasteiger partial charge is 0.133 e. The van der Waals surface area contributed by atoms with Gasteiger partial charge in [-0.05, 0) is 34.1 Å². The molecule has 3 aromatic rings. The second-order valence-corrected chi connectivity index (χ2v) is 6.25. The van der Waals surface area contributed by atoms with E-state index in [0.29, 0.717) is 0 Å². The van der Waals surface area contributed by atoms with Crippen molar-refractivity contribution in [1.82, 2.24) is 0 Å². The summed E-state index contributed by atoms with van der Waals surface area (Å²) >= 11 is 0. The van der Waals surface area contributed by atoms with Crippen LogP contribution >= 0.6 is 0 Å². The summed E-state index contributed by atoms with van der Waals surface area (Å²) in [5, 5.41) is 16.6. The van der Waals surface area contributed by atoms with Crippen molar-refractivity contribution in [1.29, 1.82) is 0 Å². The summed E-state index contributed by atoms with van der Waals surface area (Å²) in [6.07, 6.45) is 0. The van der Waals surface area contributed by atoms with E-state index >= 15 is 0 Å². The van der Waals surface area contributed by atoms with E-state index in [-0.39, 0.29) is 0 Å². The standard InChI is InChI=1S/C21H18N4/c1-20(22-24-25-23-20)21(17-11-5-2-6-12-17,18-13-7-3-8-14-18)19-15-9-4-10-16-19/h2-16H,1H3. The van der Waals surface area contributed by atoms with Crippen LogP contribution in [0.5, 0.6) is 0 Å². The fraction of sp³-hybridized carbons (Fsp3) is 0.143. The van der Waals surface area contributed by atoms with Gasteiger partial charge in [-0.1, -0.05) is 91.0 Å². The quantitative estimate of drug-likeness (QED) is 0.563. The maximum Gasteiger partial charge on any atom is 0.210 e. The molecule has 1 aliphatic heterocycles. The highest BCUT2D eigenvalue weighted by molar-refractivity contribution is 5.54. The molecule has 3 aromatic carbocycles. The van der Waals surface area contributed by atoms with Crippen LogP contribution in [0.25, 0.3) is 0 Å². The highest BCUT2D eigenvalue weighted by atomic mass is 15.6. The first-order chi connectivity index (χ1) is 12.3. The fourth-order valence-corrected chi connectivity index (χ4v) is 3.77. The summed E-state index contributed by atoms with van der Waals surface area (Å²) in [6, 6.07) is 31.0. The van der Waals surface area contributed by atoms with Gasteiger partial charge in [-0.15, -0.1) is 10.2 Å². The summed E-state index contributed by atoms with van der Waals surface area (Å²) in [5.74, 6) is 0. The van der Waals surface area contributed by atoms with Crippen molar-refractivity contribution in [2.24, 2.45) is 20.7 Å². The second-order valence-electron chi connectivity index (χ2n) is 6.25. The average molecular weight is 326 g/mol. The molecule has 0 saturated heterocycles. The van der Waals surface area contributed by atoms with Gasteiger partial charge in [0.25, 0.3) is 0 Å². The molecular formula is C21H18N4. The first kappa shape index (κ1) is 15.4. The van der Waals surface area contributed by atoms with Crippen molar-refractivity contribution >= 4 is 0 Å². The van der Waals surface area contributed by atoms with Gasteiger partial charge < -0.3 is 0 Å². The minimum atomic E-state index is -0.864. The van der Waals surface area contributed by atoms with Gasteiger partial charge in [-0.25, -0.2) is 0 Å². The zero-order valence-corrected chi connectivity index (χ0v) is 13.9. The van der Waals surface area contributed by atoms with Gasteiger partial charge in [0.05, 0.1) is 5.41 Å². The van der Waals surface area contributed by atoms with E-state index in [1.54, 1.807) is 0 Å². The predicted octanol–water partition coefficient (Wildman–Crippen LogP) is 5.57. The Morgan fingerprint density at radius 2 is 0.880 bits per heavy atom. The first-order valence-corrected chi connectivity index (χ1v) is 8.28. The minimum Gasteiger partial charge on any atom is -0.133 e. The lowest BCUT2D eigenvalue weighted by Crippen LogP contribution is -2.48. The maximum absolute atomic E-state index is 4.46. The zero-order chi connectivity index (χ0) is 17.2. The van der Waals surface area contributed by atoms with E-state index in [4.69, 9.17) is 0 Å². The number of hydrogen-bond donors (Lipinski definition) is 0. The van der Waals surface area contributed by atoms with Crippen LogP contribution in [0, 0.1) is 0 Å². The van der Waals surface area contributed by atoms with Gasteiger partial charge >= 0.3 is 0 Å². The van der Waals surface area contributed by atoms with Gasteiger partial charge in [-0.3, -0.25) is 0 Å². The van der Waals surface area contributed by atoms with Crippen LogP contribution in [0.3, 0.4) is 0 Å². The largest absolute Gasteiger partial charge is 0.210 e. The molecule has 0 amide bonds. The van der Waals surface area contributed by atoms with Crippen LogP contribution in [0.1, 0.15) is 23.6 Å². The normalized spacial score (nSPS) is 15.4. The molecule has 0 atom stereocenters. The van der Waals surface area contributed by atoms with Gasteiger partial charge in [0.15, 0.2) is 0 Å². The molecule has 1 aliphatic rings. The van der Waals surface area contributed by atoms with E-state index in [0.717, 1.165) is 16.7 Å². The Morgan fingerprint density at radius 1 is 0.560 bits per heavy atom. The molecule has 0 bridgehead atoms. The SMILES string of the molecule is CC1(C(c2ccccc2)(c2ccccc2)c2ccccc2)N=NN=N1. The third-order valence-electron chi connectivity index (χ3n) is 4.85. The van der Waals surface area contributed by atoms with E-state index in [1.807, 2.05) is 61.5 Å². The van der Waals surface area contributed by atoms with E-state index in [9.17, 15) is 0 Å². The molecule has 0 aromatic heterocycles. The van der Waals surface area contributed by atoms with E-state index < -0.39 is 11.1 Å². The molecule has 122 valence electrons. The zero-order valence-electron chi connectivity index (χ0n) is 13.9. The van der Waals surface area contributed by atoms with Gasteiger partial charge in [0.1, 0.15) is 0 Å². The lowest BCUT2D eigenvalue weighted by molar-refractivity contribution is 0.340. The molecule has 0 saturated carbocycles. The van der Waals surface area contributed by atoms with Crippen molar-refractivity contribution in [3.63, 3.8) is 0 Å². The van der Waals surface area contributed by atoms with Gasteiger partial charge in [-0.2, -0.15) is 0 Å². The van der Waals surface area contributed by atoms with Gasteiger partial charge in [0.2, 0.25) is 5.66 Å². The molecule has 4 heteroatoms. The van der Waals surface area contributed by atoms with Crippen molar-refractivity contribution < 1.29 is 0 Å². The Bertz CT molecular complexity index is 794. The molecule has 0 radical (unpaired) electrons. The molecule has 0 aliphatic carbocycles. The van der Waals surface area contributed by atoms with E-state index in [1.165, 1.54) is 0 Å². The Morgan fingerprint density at radius 3 is 1.20 bits per heavy atom. The van der Waals surface area contributed by atoms with Crippen molar-refractivity contribution in [3.05, 3.63) is 108 Å². The summed E-state index contributed by atoms with van der Waals surface area (Å²) in [4.78, 5) is 0. The average Bonchev–Trinajstić information content (AvgIpc) is 3.13. The third-order valence-corrected chi connectivity index (χ3v) is 4.85. The Labute approximate surface area is 146 Å². The summed E-state index contributed by atoms with van der Waals surface area (Å²) in [7, 11) is 0. The molecule has 0 spiro atoms. The maximum atomic E-state index is 4.46. The van der Waals surface area contributed by atoms with Crippen LogP contribution in [0.4, 0.5) is 0 Å². The number of hydrogen-bond acceptors (Lipinski definition) is 4. The van der Waals surface area contributed by atoms with Crippen LogP contribution in [0.15, 0.2) is 112 Å². The number of benzene rings is 3. The molecule has 0 N–H and O–H groups in total. The third kappa shape index (κ3) is 2.30. The Hall–Kier alpha value is -3.14. The fourth-order valence-electron chi connectivity index (χ4n) is 3.77. The van der Waals surface area contributed by atoms with E-state index in [2.05, 4.69) is 57.1 Å². The van der Waals surface area contributed by atoms with Crippen molar-refractivity contribution in [3.8, 4) is 0 Å². The summed E-state index contributed by atoms with van der Waals surface area (Å²) in [6.45, 7) is 1.99. The second kappa shape index (κ2) is 6.06. The highest BCUT2D eigenvalue weighted by Crippen LogP contribution is 2.51. The summed E-state index contributed by atoms with van der Waals surface area (Å²) in [5.41, 5.74) is 1.83. The van der Waals surface area contributed by atoms with Crippen LogP contribution < -0.4 is 0 Å². The number of rotatable bonds is 4. The molecule has 0 unspecified atom stereocenters. The Kier molecular flexibility index (Phi) is 3.73. The lowest BCUT2D eigenvalue weighted by atomic mass is 9.62. The first-order valence-electron chi connectivity index (χ1n) is 8.28. The topological polar surface area (TPSA) is 49.4 Å². The molecule has 4 rings (SSSR count). The summed E-state index contributed by atoms with van der Waals surface area (Å²) < 4.78 is 0. The minimum absolute atomic E-state index is 0.625. The van der Waals surface area contributed by atoms with Crippen LogP contribution in [-0.4, -0.2) is 5.66 Å². The molecule has 25 heavy (non-hydrogen) atoms. The monoisotopic (exact) mass is 326 g/mol. The predicted molar refractivity (Wildman–Crippen MR) is 97.3 cm³/mol.